The largest absolute Gasteiger partial charge is 0.379 e. The molecule has 0 bridgehead atoms. The Morgan fingerprint density at radius 1 is 1.03 bits per heavy atom. The minimum Gasteiger partial charge on any atom is -0.379 e. The Bertz CT molecular complexity index is 1290. The molecule has 8 nitrogen and oxygen atoms in total. The molecule has 1 amide bonds. The monoisotopic (exact) mass is 497 g/mol. The first-order valence-corrected chi connectivity index (χ1v) is 12.6. The van der Waals surface area contributed by atoms with Gasteiger partial charge < -0.3 is 15.4 Å². The first-order valence-electron chi connectivity index (χ1n) is 12.6. The van der Waals surface area contributed by atoms with E-state index in [2.05, 4.69) is 45.9 Å². The molecule has 1 aromatic heterocycles. The summed E-state index contributed by atoms with van der Waals surface area (Å²) in [7, 11) is 0. The number of carbonyl (C=O) groups excluding carboxylic acids is 1. The summed E-state index contributed by atoms with van der Waals surface area (Å²) in [6.07, 6.45) is 0.872. The third-order valence-corrected chi connectivity index (χ3v) is 6.72. The van der Waals surface area contributed by atoms with E-state index in [0.717, 1.165) is 62.5 Å². The van der Waals surface area contributed by atoms with Crippen molar-refractivity contribution in [2.24, 2.45) is 5.73 Å². The molecule has 0 aliphatic carbocycles. The summed E-state index contributed by atoms with van der Waals surface area (Å²) in [5.74, 6) is 6.55. The van der Waals surface area contributed by atoms with Gasteiger partial charge in [-0.2, -0.15) is 0 Å². The third kappa shape index (κ3) is 6.34. The van der Waals surface area contributed by atoms with E-state index in [1.165, 1.54) is 5.56 Å². The zero-order valence-electron chi connectivity index (χ0n) is 20.7. The van der Waals surface area contributed by atoms with Crippen LogP contribution in [0, 0.1) is 11.8 Å². The molecule has 8 heteroatoms. The maximum atomic E-state index is 12.2. The van der Waals surface area contributed by atoms with Gasteiger partial charge in [0.25, 0.3) is 5.91 Å². The lowest BCUT2D eigenvalue weighted by molar-refractivity contribution is 0.0342. The van der Waals surface area contributed by atoms with Crippen LogP contribution < -0.4 is 16.1 Å². The molecule has 5 rings (SSSR count). The SMILES string of the molecule is NC1CCN(c2cc(C(=O)NO)cc(-c3ccc(C#Cc4ccc(CN5CCOCC5)cc4)cc3)n2)C1. The molecular weight excluding hydrogens is 466 g/mol. The molecule has 0 radical (unpaired) electrons. The number of anilines is 1. The Morgan fingerprint density at radius 3 is 2.32 bits per heavy atom. The molecule has 3 aromatic rings. The lowest BCUT2D eigenvalue weighted by atomic mass is 10.1. The van der Waals surface area contributed by atoms with Gasteiger partial charge in [0.15, 0.2) is 0 Å². The minimum absolute atomic E-state index is 0.0828. The number of amides is 1. The van der Waals surface area contributed by atoms with Crippen molar-refractivity contribution in [2.75, 3.05) is 44.3 Å². The smallest absolute Gasteiger partial charge is 0.274 e. The predicted octanol–water partition coefficient (Wildman–Crippen LogP) is 2.64. The molecule has 1 atom stereocenters. The molecule has 2 aromatic carbocycles. The average Bonchev–Trinajstić information content (AvgIpc) is 3.39. The fraction of sp³-hybridized carbons (Fsp3) is 0.310. The first kappa shape index (κ1) is 24.9. The van der Waals surface area contributed by atoms with Gasteiger partial charge >= 0.3 is 0 Å². The van der Waals surface area contributed by atoms with E-state index in [0.29, 0.717) is 23.6 Å². The molecule has 3 heterocycles. The molecule has 2 aliphatic heterocycles. The number of nitrogens with two attached hydrogens (primary N) is 1. The van der Waals surface area contributed by atoms with Crippen molar-refractivity contribution >= 4 is 11.7 Å². The van der Waals surface area contributed by atoms with Crippen molar-refractivity contribution in [3.63, 3.8) is 0 Å². The van der Waals surface area contributed by atoms with Crippen molar-refractivity contribution in [2.45, 2.75) is 19.0 Å². The average molecular weight is 498 g/mol. The lowest BCUT2D eigenvalue weighted by Gasteiger charge is -2.26. The van der Waals surface area contributed by atoms with Crippen molar-refractivity contribution in [1.29, 1.82) is 0 Å². The van der Waals surface area contributed by atoms with Crippen LogP contribution in [0.3, 0.4) is 0 Å². The minimum atomic E-state index is -0.577. The molecule has 4 N–H and O–H groups in total. The fourth-order valence-corrected chi connectivity index (χ4v) is 4.60. The van der Waals surface area contributed by atoms with Gasteiger partial charge in [0.05, 0.1) is 18.9 Å². The zero-order chi connectivity index (χ0) is 25.6. The highest BCUT2D eigenvalue weighted by Gasteiger charge is 2.22. The number of pyridine rings is 1. The van der Waals surface area contributed by atoms with E-state index in [9.17, 15) is 4.79 Å². The van der Waals surface area contributed by atoms with Gasteiger partial charge in [-0.05, 0) is 48.4 Å². The molecule has 2 aliphatic rings. The number of nitrogens with zero attached hydrogens (tertiary/aromatic N) is 3. The molecule has 0 spiro atoms. The van der Waals surface area contributed by atoms with Crippen molar-refractivity contribution in [1.82, 2.24) is 15.4 Å². The van der Waals surface area contributed by atoms with Crippen molar-refractivity contribution < 1.29 is 14.7 Å². The second-order valence-electron chi connectivity index (χ2n) is 9.45. The van der Waals surface area contributed by atoms with Gasteiger partial charge in [-0.25, -0.2) is 10.5 Å². The zero-order valence-corrected chi connectivity index (χ0v) is 20.7. The summed E-state index contributed by atoms with van der Waals surface area (Å²) in [5.41, 5.74) is 12.7. The van der Waals surface area contributed by atoms with Crippen molar-refractivity contribution in [3.8, 4) is 23.1 Å². The van der Waals surface area contributed by atoms with Crippen LogP contribution >= 0.6 is 0 Å². The lowest BCUT2D eigenvalue weighted by Crippen LogP contribution is -2.35. The van der Waals surface area contributed by atoms with Crippen LogP contribution in [0.15, 0.2) is 60.7 Å². The summed E-state index contributed by atoms with van der Waals surface area (Å²) < 4.78 is 5.42. The number of morpholine rings is 1. The first-order chi connectivity index (χ1) is 18.1. The number of hydroxylamine groups is 1. The quantitative estimate of drug-likeness (QED) is 0.283. The molecule has 0 saturated carbocycles. The van der Waals surface area contributed by atoms with Gasteiger partial charge in [0.2, 0.25) is 0 Å². The number of aromatic nitrogens is 1. The second-order valence-corrected chi connectivity index (χ2v) is 9.45. The molecule has 190 valence electrons. The van der Waals surface area contributed by atoms with E-state index in [4.69, 9.17) is 20.7 Å². The summed E-state index contributed by atoms with van der Waals surface area (Å²) >= 11 is 0. The maximum Gasteiger partial charge on any atom is 0.274 e. The van der Waals surface area contributed by atoms with Gasteiger partial charge in [-0.3, -0.25) is 14.9 Å². The fourth-order valence-electron chi connectivity index (χ4n) is 4.60. The number of nitrogens with one attached hydrogen (secondary N) is 1. The Hall–Kier alpha value is -3.74. The summed E-state index contributed by atoms with van der Waals surface area (Å²) in [4.78, 5) is 21.4. The number of ether oxygens (including phenoxy) is 1. The molecule has 2 fully saturated rings. The Labute approximate surface area is 217 Å². The van der Waals surface area contributed by atoms with Crippen LogP contribution in [-0.2, 0) is 11.3 Å². The second kappa shape index (κ2) is 11.5. The van der Waals surface area contributed by atoms with Crippen molar-refractivity contribution in [3.05, 3.63) is 82.9 Å². The van der Waals surface area contributed by atoms with Crippen LogP contribution in [0.1, 0.15) is 33.5 Å². The number of rotatable bonds is 5. The molecular formula is C29H31N5O3. The number of hydrogen-bond donors (Lipinski definition) is 3. The number of benzene rings is 2. The van der Waals surface area contributed by atoms with E-state index >= 15 is 0 Å². The highest BCUT2D eigenvalue weighted by molar-refractivity contribution is 5.95. The summed E-state index contributed by atoms with van der Waals surface area (Å²) in [6.45, 7) is 5.94. The van der Waals surface area contributed by atoms with Gasteiger partial charge in [-0.1, -0.05) is 36.1 Å². The third-order valence-electron chi connectivity index (χ3n) is 6.72. The summed E-state index contributed by atoms with van der Waals surface area (Å²) in [5, 5.41) is 9.15. The Balaban J connectivity index is 1.30. The molecule has 2 saturated heterocycles. The summed E-state index contributed by atoms with van der Waals surface area (Å²) in [6, 6.07) is 19.6. The van der Waals surface area contributed by atoms with E-state index in [1.54, 1.807) is 17.6 Å². The normalized spacial score (nSPS) is 17.8. The topological polar surface area (TPSA) is 104 Å². The predicted molar refractivity (Wildman–Crippen MR) is 142 cm³/mol. The van der Waals surface area contributed by atoms with Gasteiger partial charge in [-0.15, -0.1) is 0 Å². The standard InChI is InChI=1S/C29H31N5O3/c30-26-11-12-34(20-26)28-18-25(29(35)32-36)17-27(31-28)24-9-7-22(8-10-24)2-1-21-3-5-23(6-4-21)19-33-13-15-37-16-14-33/h3-10,17-18,26,36H,11-16,19-20,30H2,(H,32,35). The van der Waals surface area contributed by atoms with Crippen LogP contribution in [0.4, 0.5) is 5.82 Å². The molecule has 1 unspecified atom stereocenters. The van der Waals surface area contributed by atoms with Crippen LogP contribution in [0.25, 0.3) is 11.3 Å². The van der Waals surface area contributed by atoms with Gasteiger partial charge in [0.1, 0.15) is 5.82 Å². The number of hydrogen-bond acceptors (Lipinski definition) is 7. The highest BCUT2D eigenvalue weighted by atomic mass is 16.5. The maximum absolute atomic E-state index is 12.2. The Kier molecular flexibility index (Phi) is 7.78. The Morgan fingerprint density at radius 2 is 1.70 bits per heavy atom. The number of carbonyl (C=O) groups is 1. The molecule has 37 heavy (non-hydrogen) atoms. The van der Waals surface area contributed by atoms with Gasteiger partial charge in [0, 0.05) is 61.0 Å². The van der Waals surface area contributed by atoms with Crippen LogP contribution in [0.5, 0.6) is 0 Å². The van der Waals surface area contributed by atoms with Crippen LogP contribution in [0.2, 0.25) is 0 Å². The van der Waals surface area contributed by atoms with E-state index in [1.807, 2.05) is 24.3 Å². The van der Waals surface area contributed by atoms with Crippen LogP contribution in [-0.4, -0.2) is 66.4 Å². The van der Waals surface area contributed by atoms with E-state index in [-0.39, 0.29) is 6.04 Å². The van der Waals surface area contributed by atoms with E-state index < -0.39 is 5.91 Å². The highest BCUT2D eigenvalue weighted by Crippen LogP contribution is 2.26.